The van der Waals surface area contributed by atoms with Crippen molar-refractivity contribution in [2.24, 2.45) is 18.4 Å². The predicted molar refractivity (Wildman–Crippen MR) is 72.7 cm³/mol. The summed E-state index contributed by atoms with van der Waals surface area (Å²) in [5, 5.41) is 2.82. The third-order valence-corrected chi connectivity index (χ3v) is 5.04. The van der Waals surface area contributed by atoms with E-state index >= 15 is 0 Å². The van der Waals surface area contributed by atoms with Crippen LogP contribution in [-0.4, -0.2) is 25.4 Å². The van der Waals surface area contributed by atoms with Gasteiger partial charge in [0.05, 0.1) is 0 Å². The summed E-state index contributed by atoms with van der Waals surface area (Å²) in [5.41, 5.74) is 0.587. The van der Waals surface area contributed by atoms with Gasteiger partial charge in [0.25, 0.3) is 15.0 Å². The van der Waals surface area contributed by atoms with Crippen LogP contribution in [0, 0.1) is 11.3 Å². The van der Waals surface area contributed by atoms with E-state index in [1.165, 1.54) is 16.8 Å². The van der Waals surface area contributed by atoms with E-state index in [0.29, 0.717) is 17.9 Å². The number of aromatic nitrogens is 1. The highest BCUT2D eigenvalue weighted by Gasteiger charge is 2.45. The van der Waals surface area contributed by atoms with Crippen molar-refractivity contribution in [3.63, 3.8) is 0 Å². The molecule has 7 heteroatoms. The number of carbonyl (C=O) groups is 1. The summed E-state index contributed by atoms with van der Waals surface area (Å²) in [6.07, 6.45) is 2.43. The molecule has 1 heterocycles. The van der Waals surface area contributed by atoms with Crippen molar-refractivity contribution in [2.45, 2.75) is 25.2 Å². The van der Waals surface area contributed by atoms with Gasteiger partial charge < -0.3 is 9.88 Å². The molecule has 0 aliphatic heterocycles. The molecule has 1 amide bonds. The molecule has 1 atom stereocenters. The summed E-state index contributed by atoms with van der Waals surface area (Å²) in [5.74, 6) is 0.213. The van der Waals surface area contributed by atoms with Gasteiger partial charge in [-0.1, -0.05) is 13.8 Å². The number of aryl methyl sites for hydroxylation is 1. The molecule has 1 unspecified atom stereocenters. The van der Waals surface area contributed by atoms with Crippen molar-refractivity contribution in [3.05, 3.63) is 18.0 Å². The van der Waals surface area contributed by atoms with E-state index in [2.05, 4.69) is 19.2 Å². The second-order valence-electron chi connectivity index (χ2n) is 5.71. The minimum absolute atomic E-state index is 0.0615. The molecule has 1 aromatic rings. The molecule has 1 aliphatic rings. The van der Waals surface area contributed by atoms with Crippen molar-refractivity contribution in [1.29, 1.82) is 0 Å². The third kappa shape index (κ3) is 3.12. The fraction of sp³-hybridized carbons (Fsp3) is 0.583. The number of nitrogens with zero attached hydrogens (tertiary/aromatic N) is 1. The van der Waals surface area contributed by atoms with E-state index in [1.807, 2.05) is 0 Å². The zero-order chi connectivity index (χ0) is 14.4. The Kier molecular flexibility index (Phi) is 3.43. The summed E-state index contributed by atoms with van der Waals surface area (Å²) in [6, 6.07) is 1.29. The van der Waals surface area contributed by atoms with Crippen molar-refractivity contribution in [1.82, 2.24) is 9.88 Å². The molecule has 2 rings (SSSR count). The fourth-order valence-corrected chi connectivity index (χ4v) is 2.91. The van der Waals surface area contributed by atoms with Gasteiger partial charge in [-0.3, -0.25) is 4.79 Å². The Labute approximate surface area is 117 Å². The minimum Gasteiger partial charge on any atom is -0.350 e. The average molecular weight is 305 g/mol. The van der Waals surface area contributed by atoms with Crippen molar-refractivity contribution >= 4 is 25.6 Å². The van der Waals surface area contributed by atoms with Crippen molar-refractivity contribution in [3.8, 4) is 0 Å². The quantitative estimate of drug-likeness (QED) is 0.861. The van der Waals surface area contributed by atoms with Crippen LogP contribution in [0.15, 0.2) is 17.2 Å². The van der Waals surface area contributed by atoms with Crippen molar-refractivity contribution < 1.29 is 13.2 Å². The molecular weight excluding hydrogens is 288 g/mol. The van der Waals surface area contributed by atoms with Crippen LogP contribution >= 0.6 is 10.7 Å². The number of hydrogen-bond donors (Lipinski definition) is 1. The Balaban J connectivity index is 2.05. The number of amides is 1. The molecule has 1 fully saturated rings. The van der Waals surface area contributed by atoms with E-state index in [-0.39, 0.29) is 16.5 Å². The van der Waals surface area contributed by atoms with Crippen LogP contribution in [0.25, 0.3) is 0 Å². The molecule has 19 heavy (non-hydrogen) atoms. The van der Waals surface area contributed by atoms with Crippen LogP contribution in [-0.2, 0) is 16.1 Å². The lowest BCUT2D eigenvalue weighted by molar-refractivity contribution is 0.0942. The highest BCUT2D eigenvalue weighted by atomic mass is 35.7. The van der Waals surface area contributed by atoms with Gasteiger partial charge in [-0.25, -0.2) is 8.42 Å². The largest absolute Gasteiger partial charge is 0.350 e. The number of halogens is 1. The molecule has 106 valence electrons. The SMILES string of the molecule is Cn1cc(S(=O)(=O)Cl)cc1C(=O)NCC1CC1(C)C. The monoisotopic (exact) mass is 304 g/mol. The lowest BCUT2D eigenvalue weighted by Crippen LogP contribution is -2.28. The van der Waals surface area contributed by atoms with E-state index in [1.54, 1.807) is 7.05 Å². The zero-order valence-corrected chi connectivity index (χ0v) is 12.7. The number of hydrogen-bond acceptors (Lipinski definition) is 3. The van der Waals surface area contributed by atoms with Gasteiger partial charge in [-0.05, 0) is 23.8 Å². The molecule has 1 aliphatic carbocycles. The van der Waals surface area contributed by atoms with Gasteiger partial charge in [0.15, 0.2) is 0 Å². The predicted octanol–water partition coefficient (Wildman–Crippen LogP) is 1.73. The maximum atomic E-state index is 12.0. The van der Waals surface area contributed by atoms with Gasteiger partial charge >= 0.3 is 0 Å². The number of carbonyl (C=O) groups excluding carboxylic acids is 1. The van der Waals surface area contributed by atoms with Gasteiger partial charge in [0, 0.05) is 30.5 Å². The standard InChI is InChI=1S/C12H17ClN2O3S/c1-12(2)5-8(12)6-14-11(16)10-4-9(7-15(10)3)19(13,17)18/h4,7-8H,5-6H2,1-3H3,(H,14,16). The molecule has 0 radical (unpaired) electrons. The Bertz CT molecular complexity index is 619. The fourth-order valence-electron chi connectivity index (χ4n) is 2.12. The summed E-state index contributed by atoms with van der Waals surface area (Å²) < 4.78 is 23.9. The Morgan fingerprint density at radius 3 is 2.58 bits per heavy atom. The summed E-state index contributed by atoms with van der Waals surface area (Å²) >= 11 is 0. The van der Waals surface area contributed by atoms with Crippen LogP contribution < -0.4 is 5.32 Å². The van der Waals surface area contributed by atoms with Crippen molar-refractivity contribution in [2.75, 3.05) is 6.54 Å². The van der Waals surface area contributed by atoms with E-state index in [0.717, 1.165) is 6.42 Å². The Morgan fingerprint density at radius 1 is 1.58 bits per heavy atom. The molecule has 1 aromatic heterocycles. The van der Waals surface area contributed by atoms with Crippen LogP contribution in [0.3, 0.4) is 0 Å². The van der Waals surface area contributed by atoms with E-state index in [9.17, 15) is 13.2 Å². The average Bonchev–Trinajstić information content (AvgIpc) is 2.68. The third-order valence-electron chi connectivity index (χ3n) is 3.72. The minimum atomic E-state index is -3.80. The maximum Gasteiger partial charge on any atom is 0.267 e. The van der Waals surface area contributed by atoms with Crippen LogP contribution in [0.4, 0.5) is 0 Å². The van der Waals surface area contributed by atoms with Gasteiger partial charge in [0.2, 0.25) is 0 Å². The zero-order valence-electron chi connectivity index (χ0n) is 11.1. The number of nitrogens with one attached hydrogen (secondary N) is 1. The number of rotatable bonds is 4. The van der Waals surface area contributed by atoms with Crippen LogP contribution in [0.1, 0.15) is 30.8 Å². The van der Waals surface area contributed by atoms with Gasteiger partial charge in [-0.2, -0.15) is 0 Å². The molecule has 5 nitrogen and oxygen atoms in total. The molecule has 1 saturated carbocycles. The lowest BCUT2D eigenvalue weighted by Gasteiger charge is -2.07. The first-order chi connectivity index (χ1) is 8.61. The topological polar surface area (TPSA) is 68.2 Å². The molecule has 0 aromatic carbocycles. The summed E-state index contributed by atoms with van der Waals surface area (Å²) in [4.78, 5) is 11.9. The first-order valence-electron chi connectivity index (χ1n) is 6.00. The maximum absolute atomic E-state index is 12.0. The lowest BCUT2D eigenvalue weighted by atomic mass is 10.1. The normalized spacial score (nSPS) is 21.2. The molecule has 0 saturated heterocycles. The molecule has 0 bridgehead atoms. The van der Waals surface area contributed by atoms with E-state index < -0.39 is 9.05 Å². The highest BCUT2D eigenvalue weighted by molar-refractivity contribution is 8.13. The van der Waals surface area contributed by atoms with Crippen LogP contribution in [0.5, 0.6) is 0 Å². The summed E-state index contributed by atoms with van der Waals surface area (Å²) in [6.45, 7) is 4.93. The first-order valence-corrected chi connectivity index (χ1v) is 8.31. The van der Waals surface area contributed by atoms with Gasteiger partial charge in [-0.15, -0.1) is 0 Å². The van der Waals surface area contributed by atoms with Gasteiger partial charge in [0.1, 0.15) is 10.6 Å². The Hall–Kier alpha value is -1.01. The smallest absolute Gasteiger partial charge is 0.267 e. The molecule has 0 spiro atoms. The molecule has 1 N–H and O–H groups in total. The van der Waals surface area contributed by atoms with Crippen LogP contribution in [0.2, 0.25) is 0 Å². The Morgan fingerprint density at radius 2 is 2.16 bits per heavy atom. The second-order valence-corrected chi connectivity index (χ2v) is 8.28. The first kappa shape index (κ1) is 14.4. The van der Waals surface area contributed by atoms with E-state index in [4.69, 9.17) is 10.7 Å². The highest BCUT2D eigenvalue weighted by Crippen LogP contribution is 2.50. The second kappa shape index (κ2) is 4.52. The summed E-state index contributed by atoms with van der Waals surface area (Å²) in [7, 11) is 3.06. The molecular formula is C12H17ClN2O3S.